The maximum Gasteiger partial charge on any atom is 0.304 e. The first kappa shape index (κ1) is 24.9. The van der Waals surface area contributed by atoms with E-state index in [0.717, 1.165) is 24.2 Å². The minimum absolute atomic E-state index is 0.0868. The van der Waals surface area contributed by atoms with Crippen molar-refractivity contribution in [3.63, 3.8) is 0 Å². The molecule has 0 spiro atoms. The van der Waals surface area contributed by atoms with Gasteiger partial charge < -0.3 is 9.84 Å². The Balaban J connectivity index is 1.53. The van der Waals surface area contributed by atoms with Gasteiger partial charge >= 0.3 is 5.97 Å². The van der Waals surface area contributed by atoms with Crippen LogP contribution in [0.5, 0.6) is 5.75 Å². The number of ether oxygens (including phenoxy) is 1. The van der Waals surface area contributed by atoms with Crippen LogP contribution in [0.25, 0.3) is 0 Å². The van der Waals surface area contributed by atoms with Crippen molar-refractivity contribution >= 4 is 5.97 Å². The van der Waals surface area contributed by atoms with Crippen molar-refractivity contribution in [3.8, 4) is 5.75 Å². The van der Waals surface area contributed by atoms with E-state index in [2.05, 4.69) is 61.4 Å². The van der Waals surface area contributed by atoms with E-state index >= 15 is 0 Å². The molecule has 0 saturated heterocycles. The van der Waals surface area contributed by atoms with Crippen molar-refractivity contribution in [1.82, 2.24) is 20.2 Å². The van der Waals surface area contributed by atoms with Gasteiger partial charge in [0.1, 0.15) is 12.4 Å². The number of aryl methyl sites for hydroxylation is 1. The van der Waals surface area contributed by atoms with Crippen molar-refractivity contribution in [1.29, 1.82) is 0 Å². The van der Waals surface area contributed by atoms with Crippen LogP contribution in [0.1, 0.15) is 93.8 Å². The van der Waals surface area contributed by atoms with Gasteiger partial charge in [0.15, 0.2) is 5.82 Å². The van der Waals surface area contributed by atoms with Gasteiger partial charge in [-0.25, -0.2) is 4.68 Å². The Labute approximate surface area is 207 Å². The third-order valence-electron chi connectivity index (χ3n) is 8.00. The Hall–Kier alpha value is -3.22. The van der Waals surface area contributed by atoms with Crippen LogP contribution < -0.4 is 4.74 Å². The number of hydrogen-bond acceptors (Lipinski definition) is 5. The van der Waals surface area contributed by atoms with E-state index in [1.807, 2.05) is 24.3 Å². The zero-order chi connectivity index (χ0) is 25.2. The van der Waals surface area contributed by atoms with Crippen LogP contribution in [0, 0.1) is 0 Å². The summed E-state index contributed by atoms with van der Waals surface area (Å²) in [6.45, 7) is 9.82. The first-order valence-corrected chi connectivity index (χ1v) is 12.5. The molecule has 0 aliphatic heterocycles. The van der Waals surface area contributed by atoms with Crippen LogP contribution in [-0.2, 0) is 29.3 Å². The molecule has 1 aliphatic carbocycles. The van der Waals surface area contributed by atoms with E-state index in [4.69, 9.17) is 4.74 Å². The number of benzene rings is 2. The minimum Gasteiger partial charge on any atom is -0.489 e. The fourth-order valence-electron chi connectivity index (χ4n) is 5.54. The highest BCUT2D eigenvalue weighted by atomic mass is 16.5. The Morgan fingerprint density at radius 2 is 1.80 bits per heavy atom. The Bertz CT molecular complexity index is 1180. The lowest BCUT2D eigenvalue weighted by molar-refractivity contribution is -0.137. The molecular weight excluding hydrogens is 440 g/mol. The average molecular weight is 477 g/mol. The Kier molecular flexibility index (Phi) is 6.97. The molecule has 186 valence electrons. The molecule has 0 saturated carbocycles. The van der Waals surface area contributed by atoms with Crippen LogP contribution in [-0.4, -0.2) is 31.3 Å². The van der Waals surface area contributed by atoms with Crippen molar-refractivity contribution in [3.05, 3.63) is 70.5 Å². The van der Waals surface area contributed by atoms with Crippen LogP contribution in [0.3, 0.4) is 0 Å². The number of carboxylic acids is 1. The largest absolute Gasteiger partial charge is 0.489 e. The lowest BCUT2D eigenvalue weighted by Gasteiger charge is -2.45. The van der Waals surface area contributed by atoms with Gasteiger partial charge in [0, 0.05) is 7.05 Å². The summed E-state index contributed by atoms with van der Waals surface area (Å²) in [5.41, 5.74) is 5.42. The second kappa shape index (κ2) is 9.80. The summed E-state index contributed by atoms with van der Waals surface area (Å²) in [5, 5.41) is 20.9. The highest BCUT2D eigenvalue weighted by molar-refractivity contribution is 5.68. The van der Waals surface area contributed by atoms with E-state index < -0.39 is 11.9 Å². The van der Waals surface area contributed by atoms with E-state index in [1.165, 1.54) is 34.2 Å². The third kappa shape index (κ3) is 4.95. The topological polar surface area (TPSA) is 90.1 Å². The number of aromatic nitrogens is 4. The van der Waals surface area contributed by atoms with Crippen LogP contribution >= 0.6 is 0 Å². The predicted octanol–water partition coefficient (Wildman–Crippen LogP) is 5.52. The standard InChI is InChI=1S/C28H36N4O3/c1-6-28(7-2)15-14-27(3,4)23-13-8-19(16-24(23)28)18-35-21-11-9-20(10-12-21)22(17-25(33)34)26-29-30-31-32(26)5/h8-13,16,22H,6-7,14-15,17-18H2,1-5H3,(H,33,34)/t22-/m0/s1. The zero-order valence-electron chi connectivity index (χ0n) is 21.4. The van der Waals surface area contributed by atoms with Crippen molar-refractivity contribution in [2.75, 3.05) is 0 Å². The van der Waals surface area contributed by atoms with Crippen LogP contribution in [0.2, 0.25) is 0 Å². The fraction of sp³-hybridized carbons (Fsp3) is 0.500. The smallest absolute Gasteiger partial charge is 0.304 e. The molecule has 1 aliphatic rings. The first-order chi connectivity index (χ1) is 16.7. The SMILES string of the molecule is CCC1(CC)CCC(C)(C)c2ccc(COc3ccc([C@H](CC(=O)O)c4nnnn4C)cc3)cc21. The van der Waals surface area contributed by atoms with Gasteiger partial charge in [-0.1, -0.05) is 58.0 Å². The monoisotopic (exact) mass is 476 g/mol. The molecule has 4 rings (SSSR count). The summed E-state index contributed by atoms with van der Waals surface area (Å²) in [4.78, 5) is 11.4. The molecule has 3 aromatic rings. The summed E-state index contributed by atoms with van der Waals surface area (Å²) in [6, 6.07) is 14.4. The van der Waals surface area contributed by atoms with Gasteiger partial charge in [-0.15, -0.1) is 5.10 Å². The van der Waals surface area contributed by atoms with E-state index in [1.54, 1.807) is 7.05 Å². The molecule has 0 fully saturated rings. The molecule has 1 atom stereocenters. The maximum atomic E-state index is 11.4. The second-order valence-electron chi connectivity index (χ2n) is 10.4. The lowest BCUT2D eigenvalue weighted by atomic mass is 9.59. The normalized spacial score (nSPS) is 16.9. The van der Waals surface area contributed by atoms with Gasteiger partial charge in [-0.05, 0) is 81.3 Å². The van der Waals surface area contributed by atoms with Crippen molar-refractivity contribution < 1.29 is 14.6 Å². The summed E-state index contributed by atoms with van der Waals surface area (Å²) in [5.74, 6) is -0.0616. The van der Waals surface area contributed by atoms with E-state index in [0.29, 0.717) is 12.4 Å². The molecule has 0 amide bonds. The highest BCUT2D eigenvalue weighted by Gasteiger charge is 2.40. The quantitative estimate of drug-likeness (QED) is 0.437. The molecule has 1 N–H and O–H groups in total. The van der Waals surface area contributed by atoms with Gasteiger partial charge in [-0.2, -0.15) is 0 Å². The van der Waals surface area contributed by atoms with Crippen molar-refractivity contribution in [2.24, 2.45) is 7.05 Å². The number of nitrogens with zero attached hydrogens (tertiary/aromatic N) is 4. The molecule has 1 aromatic heterocycles. The second-order valence-corrected chi connectivity index (χ2v) is 10.4. The van der Waals surface area contributed by atoms with Gasteiger partial charge in [0.05, 0.1) is 12.3 Å². The van der Waals surface area contributed by atoms with E-state index in [9.17, 15) is 9.90 Å². The van der Waals surface area contributed by atoms with Gasteiger partial charge in [0.2, 0.25) is 0 Å². The van der Waals surface area contributed by atoms with Crippen LogP contribution in [0.15, 0.2) is 42.5 Å². The van der Waals surface area contributed by atoms with Gasteiger partial charge in [-0.3, -0.25) is 4.79 Å². The summed E-state index contributed by atoms with van der Waals surface area (Å²) < 4.78 is 7.65. The molecule has 2 aromatic carbocycles. The van der Waals surface area contributed by atoms with Crippen LogP contribution in [0.4, 0.5) is 0 Å². The molecule has 0 radical (unpaired) electrons. The predicted molar refractivity (Wildman–Crippen MR) is 135 cm³/mol. The number of hydrogen-bond donors (Lipinski definition) is 1. The average Bonchev–Trinajstić information content (AvgIpc) is 3.27. The molecular formula is C28H36N4O3. The Morgan fingerprint density at radius 3 is 2.40 bits per heavy atom. The number of tetrazole rings is 1. The summed E-state index contributed by atoms with van der Waals surface area (Å²) in [6.07, 6.45) is 4.66. The summed E-state index contributed by atoms with van der Waals surface area (Å²) in [7, 11) is 1.72. The Morgan fingerprint density at radius 1 is 1.09 bits per heavy atom. The maximum absolute atomic E-state index is 11.4. The molecule has 35 heavy (non-hydrogen) atoms. The molecule has 7 heteroatoms. The third-order valence-corrected chi connectivity index (χ3v) is 8.00. The number of rotatable bonds is 9. The number of fused-ring (bicyclic) bond motifs is 1. The summed E-state index contributed by atoms with van der Waals surface area (Å²) >= 11 is 0. The highest BCUT2D eigenvalue weighted by Crippen LogP contribution is 2.49. The molecule has 1 heterocycles. The fourth-order valence-corrected chi connectivity index (χ4v) is 5.54. The molecule has 0 bridgehead atoms. The molecule has 7 nitrogen and oxygen atoms in total. The van der Waals surface area contributed by atoms with Crippen molar-refractivity contribution in [2.45, 2.75) is 83.2 Å². The zero-order valence-corrected chi connectivity index (χ0v) is 21.4. The minimum atomic E-state index is -0.899. The number of carbonyl (C=O) groups is 1. The number of carboxylic acid groups (broad SMARTS) is 1. The lowest BCUT2D eigenvalue weighted by Crippen LogP contribution is -2.37. The number of aliphatic carboxylic acids is 1. The van der Waals surface area contributed by atoms with E-state index in [-0.39, 0.29) is 17.3 Å². The molecule has 0 unspecified atom stereocenters. The van der Waals surface area contributed by atoms with Gasteiger partial charge in [0.25, 0.3) is 0 Å². The first-order valence-electron chi connectivity index (χ1n) is 12.5.